The maximum atomic E-state index is 12.4. The molecule has 0 bridgehead atoms. The van der Waals surface area contributed by atoms with Gasteiger partial charge in [-0.25, -0.2) is 0 Å². The second kappa shape index (κ2) is 6.60. The zero-order valence-electron chi connectivity index (χ0n) is 13.6. The van der Waals surface area contributed by atoms with Crippen molar-refractivity contribution in [3.05, 3.63) is 59.4 Å². The molecular formula is C19H14O6. The number of fused-ring (bicyclic) bond motifs is 1. The highest BCUT2D eigenvalue weighted by molar-refractivity contribution is 6.14. The fourth-order valence-electron chi connectivity index (χ4n) is 2.35. The van der Waals surface area contributed by atoms with Crippen molar-refractivity contribution < 1.29 is 28.6 Å². The van der Waals surface area contributed by atoms with E-state index in [0.717, 1.165) is 0 Å². The maximum Gasteiger partial charge on any atom is 0.308 e. The molecular weight excluding hydrogens is 324 g/mol. The Balaban J connectivity index is 1.81. The van der Waals surface area contributed by atoms with Gasteiger partial charge in [0.25, 0.3) is 0 Å². The molecule has 2 aromatic rings. The molecule has 1 heterocycles. The Labute approximate surface area is 143 Å². The minimum atomic E-state index is -0.451. The summed E-state index contributed by atoms with van der Waals surface area (Å²) < 4.78 is 15.5. The van der Waals surface area contributed by atoms with Gasteiger partial charge in [-0.05, 0) is 35.9 Å². The van der Waals surface area contributed by atoms with Crippen LogP contribution < -0.4 is 14.2 Å². The lowest BCUT2D eigenvalue weighted by Gasteiger charge is -2.03. The van der Waals surface area contributed by atoms with Gasteiger partial charge in [0, 0.05) is 19.9 Å². The first kappa shape index (κ1) is 16.4. The van der Waals surface area contributed by atoms with Gasteiger partial charge in [-0.15, -0.1) is 0 Å². The highest BCUT2D eigenvalue weighted by atomic mass is 16.5. The quantitative estimate of drug-likeness (QED) is 0.486. The van der Waals surface area contributed by atoms with Gasteiger partial charge in [-0.1, -0.05) is 12.1 Å². The summed E-state index contributed by atoms with van der Waals surface area (Å²) in [5.41, 5.74) is 1.12. The lowest BCUT2D eigenvalue weighted by Crippen LogP contribution is -2.01. The lowest BCUT2D eigenvalue weighted by atomic mass is 10.1. The molecule has 0 aliphatic carbocycles. The molecule has 126 valence electrons. The molecule has 0 unspecified atom stereocenters. The first-order valence-corrected chi connectivity index (χ1v) is 7.47. The maximum absolute atomic E-state index is 12.4. The molecule has 6 nitrogen and oxygen atoms in total. The van der Waals surface area contributed by atoms with E-state index in [2.05, 4.69) is 0 Å². The number of hydrogen-bond donors (Lipinski definition) is 0. The first-order valence-electron chi connectivity index (χ1n) is 7.47. The van der Waals surface area contributed by atoms with Crippen LogP contribution in [0.15, 0.2) is 48.2 Å². The van der Waals surface area contributed by atoms with E-state index >= 15 is 0 Å². The molecule has 1 aliphatic rings. The van der Waals surface area contributed by atoms with Crippen LogP contribution in [0, 0.1) is 0 Å². The van der Waals surface area contributed by atoms with Crippen molar-refractivity contribution >= 4 is 23.8 Å². The van der Waals surface area contributed by atoms with Gasteiger partial charge < -0.3 is 14.2 Å². The topological polar surface area (TPSA) is 78.9 Å². The van der Waals surface area contributed by atoms with Gasteiger partial charge in [-0.3, -0.25) is 14.4 Å². The molecule has 3 rings (SSSR count). The molecule has 0 saturated heterocycles. The summed E-state index contributed by atoms with van der Waals surface area (Å²) in [6.07, 6.45) is 1.59. The van der Waals surface area contributed by atoms with Gasteiger partial charge in [0.05, 0.1) is 5.56 Å². The van der Waals surface area contributed by atoms with Crippen molar-refractivity contribution in [2.75, 3.05) is 0 Å². The Morgan fingerprint density at radius 1 is 0.920 bits per heavy atom. The second-order valence-corrected chi connectivity index (χ2v) is 5.35. The lowest BCUT2D eigenvalue weighted by molar-refractivity contribution is -0.132. The molecule has 0 fully saturated rings. The summed E-state index contributed by atoms with van der Waals surface area (Å²) in [5, 5.41) is 0. The van der Waals surface area contributed by atoms with E-state index in [9.17, 15) is 14.4 Å². The highest BCUT2D eigenvalue weighted by Crippen LogP contribution is 2.35. The predicted molar refractivity (Wildman–Crippen MR) is 88.4 cm³/mol. The van der Waals surface area contributed by atoms with Gasteiger partial charge in [0.2, 0.25) is 5.78 Å². The molecule has 25 heavy (non-hydrogen) atoms. The number of ether oxygens (including phenoxy) is 3. The molecule has 0 spiro atoms. The Morgan fingerprint density at radius 3 is 2.16 bits per heavy atom. The molecule has 6 heteroatoms. The van der Waals surface area contributed by atoms with E-state index in [1.807, 2.05) is 0 Å². The average molecular weight is 338 g/mol. The number of esters is 2. The van der Waals surface area contributed by atoms with Crippen LogP contribution in [0.3, 0.4) is 0 Å². The largest absolute Gasteiger partial charge is 0.452 e. The molecule has 0 aromatic heterocycles. The van der Waals surface area contributed by atoms with E-state index in [1.165, 1.54) is 19.9 Å². The van der Waals surface area contributed by atoms with Crippen molar-refractivity contribution in [2.45, 2.75) is 13.8 Å². The normalized spacial score (nSPS) is 14.0. The number of rotatable bonds is 3. The Hall–Kier alpha value is -3.41. The van der Waals surface area contributed by atoms with Crippen LogP contribution in [-0.4, -0.2) is 17.7 Å². The van der Waals surface area contributed by atoms with Crippen LogP contribution in [0.25, 0.3) is 6.08 Å². The van der Waals surface area contributed by atoms with Crippen LogP contribution in [0.4, 0.5) is 0 Å². The van der Waals surface area contributed by atoms with Crippen molar-refractivity contribution in [3.63, 3.8) is 0 Å². The van der Waals surface area contributed by atoms with E-state index in [0.29, 0.717) is 28.4 Å². The van der Waals surface area contributed by atoms with E-state index < -0.39 is 11.9 Å². The number of hydrogen-bond acceptors (Lipinski definition) is 6. The smallest absolute Gasteiger partial charge is 0.308 e. The van der Waals surface area contributed by atoms with Gasteiger partial charge in [-0.2, -0.15) is 0 Å². The Bertz CT molecular complexity index is 893. The van der Waals surface area contributed by atoms with Crippen molar-refractivity contribution in [1.29, 1.82) is 0 Å². The highest BCUT2D eigenvalue weighted by Gasteiger charge is 2.27. The second-order valence-electron chi connectivity index (χ2n) is 5.35. The number of Topliss-reactive ketones (excluding diaryl/α,β-unsaturated/α-hetero) is 1. The Kier molecular flexibility index (Phi) is 4.35. The fourth-order valence-corrected chi connectivity index (χ4v) is 2.35. The zero-order valence-corrected chi connectivity index (χ0v) is 13.6. The monoisotopic (exact) mass is 338 g/mol. The molecule has 0 amide bonds. The summed E-state index contributed by atoms with van der Waals surface area (Å²) >= 11 is 0. The Morgan fingerprint density at radius 2 is 1.52 bits per heavy atom. The van der Waals surface area contributed by atoms with Crippen molar-refractivity contribution in [3.8, 4) is 17.2 Å². The van der Waals surface area contributed by atoms with Crippen LogP contribution in [0.5, 0.6) is 17.2 Å². The minimum absolute atomic E-state index is 0.162. The first-order chi connectivity index (χ1) is 11.9. The van der Waals surface area contributed by atoms with Crippen LogP contribution >= 0.6 is 0 Å². The van der Waals surface area contributed by atoms with Crippen LogP contribution in [0.1, 0.15) is 29.8 Å². The van der Waals surface area contributed by atoms with Gasteiger partial charge in [0.1, 0.15) is 17.2 Å². The van der Waals surface area contributed by atoms with Crippen molar-refractivity contribution in [1.82, 2.24) is 0 Å². The minimum Gasteiger partial charge on any atom is -0.452 e. The van der Waals surface area contributed by atoms with E-state index in [-0.39, 0.29) is 11.5 Å². The number of carbonyl (C=O) groups is 3. The molecule has 2 aromatic carbocycles. The standard InChI is InChI=1S/C19H14O6/c1-11(20)23-14-5-3-13(4-6-14)9-18-19(22)16-8-7-15(24-12(2)21)10-17(16)25-18/h3-10H,1-2H3. The number of allylic oxidation sites excluding steroid dienone is 1. The van der Waals surface area contributed by atoms with Gasteiger partial charge >= 0.3 is 11.9 Å². The molecule has 1 aliphatic heterocycles. The average Bonchev–Trinajstić information content (AvgIpc) is 2.84. The SMILES string of the molecule is CC(=O)Oc1ccc(C=C2Oc3cc(OC(C)=O)ccc3C2=O)cc1. The molecule has 0 saturated carbocycles. The third-order valence-electron chi connectivity index (χ3n) is 3.34. The summed E-state index contributed by atoms with van der Waals surface area (Å²) in [7, 11) is 0. The van der Waals surface area contributed by atoms with E-state index in [1.54, 1.807) is 42.5 Å². The third-order valence-corrected chi connectivity index (χ3v) is 3.34. The third kappa shape index (κ3) is 3.74. The molecule has 0 radical (unpaired) electrons. The van der Waals surface area contributed by atoms with E-state index in [4.69, 9.17) is 14.2 Å². The number of ketones is 1. The number of benzene rings is 2. The van der Waals surface area contributed by atoms with Crippen LogP contribution in [0.2, 0.25) is 0 Å². The van der Waals surface area contributed by atoms with Gasteiger partial charge in [0.15, 0.2) is 5.76 Å². The summed E-state index contributed by atoms with van der Waals surface area (Å²) in [4.78, 5) is 34.3. The summed E-state index contributed by atoms with van der Waals surface area (Å²) in [6.45, 7) is 2.62. The summed E-state index contributed by atoms with van der Waals surface area (Å²) in [5.74, 6) is 0.121. The fraction of sp³-hybridized carbons (Fsp3) is 0.105. The van der Waals surface area contributed by atoms with Crippen molar-refractivity contribution in [2.24, 2.45) is 0 Å². The molecule has 0 atom stereocenters. The number of carbonyl (C=O) groups excluding carboxylic acids is 3. The summed E-state index contributed by atoms with van der Waals surface area (Å²) in [6, 6.07) is 11.3. The zero-order chi connectivity index (χ0) is 18.0. The predicted octanol–water partition coefficient (Wildman–Crippen LogP) is 3.15. The van der Waals surface area contributed by atoms with Crippen LogP contribution in [-0.2, 0) is 9.59 Å². The molecule has 0 N–H and O–H groups in total.